The maximum atomic E-state index is 2.72. The minimum Gasteiger partial charge on any atom is -0.188 e. The molecule has 0 aliphatic carbocycles. The first-order chi connectivity index (χ1) is 4.68. The van der Waals surface area contributed by atoms with Crippen molar-refractivity contribution in [3.8, 4) is 0 Å². The third-order valence-electron chi connectivity index (χ3n) is 1.66. The van der Waals surface area contributed by atoms with Crippen molar-refractivity contribution >= 4 is 28.4 Å². The fourth-order valence-corrected chi connectivity index (χ4v) is 6.01. The minimum absolute atomic E-state index is 0.207. The Morgan fingerprint density at radius 3 is 1.60 bits per heavy atom. The van der Waals surface area contributed by atoms with E-state index in [0.29, 0.717) is 0 Å². The summed E-state index contributed by atoms with van der Waals surface area (Å²) in [6, 6.07) is 0. The summed E-state index contributed by atoms with van der Waals surface area (Å²) in [7, 11) is -0.207. The molecule has 0 heterocycles. The zero-order chi connectivity index (χ0) is 8.04. The second kappa shape index (κ2) is 5.70. The van der Waals surface area contributed by atoms with Gasteiger partial charge in [0.15, 0.2) is 0 Å². The third kappa shape index (κ3) is 4.06. The molecular weight excluding hydrogens is 255 g/mol. The van der Waals surface area contributed by atoms with Gasteiger partial charge in [0.25, 0.3) is 0 Å². The minimum atomic E-state index is -0.207. The highest BCUT2D eigenvalue weighted by atomic mass is 127. The van der Waals surface area contributed by atoms with Crippen molar-refractivity contribution in [1.82, 2.24) is 0 Å². The summed E-state index contributed by atoms with van der Waals surface area (Å²) < 4.78 is 0. The fourth-order valence-electron chi connectivity index (χ4n) is 1.12. The molecule has 0 atom stereocenters. The lowest BCUT2D eigenvalue weighted by Gasteiger charge is -2.31. The van der Waals surface area contributed by atoms with Gasteiger partial charge in [0.2, 0.25) is 0 Å². The fraction of sp³-hybridized carbons (Fsp3) is 1.00. The van der Waals surface area contributed by atoms with Gasteiger partial charge in [0.1, 0.15) is 0 Å². The van der Waals surface area contributed by atoms with E-state index in [9.17, 15) is 0 Å². The molecule has 0 saturated heterocycles. The Kier molecular flexibility index (Phi) is 6.31. The topological polar surface area (TPSA) is 0 Å². The highest BCUT2D eigenvalue weighted by molar-refractivity contribution is 14.2. The van der Waals surface area contributed by atoms with E-state index in [4.69, 9.17) is 0 Å². The van der Waals surface area contributed by atoms with Crippen LogP contribution in [0.4, 0.5) is 0 Å². The van der Waals surface area contributed by atoms with Gasteiger partial charge in [0, 0.05) is 0 Å². The summed E-state index contributed by atoms with van der Waals surface area (Å²) in [5.41, 5.74) is 0. The van der Waals surface area contributed by atoms with Crippen LogP contribution in [0.15, 0.2) is 0 Å². The van der Waals surface area contributed by atoms with Crippen LogP contribution in [0.2, 0.25) is 0 Å². The largest absolute Gasteiger partial charge is 0.188 e. The van der Waals surface area contributed by atoms with Gasteiger partial charge in [-0.2, -0.15) is 7.20 Å². The van der Waals surface area contributed by atoms with Crippen LogP contribution in [0.1, 0.15) is 33.6 Å². The van der Waals surface area contributed by atoms with Crippen molar-refractivity contribution in [3.63, 3.8) is 0 Å². The average molecular weight is 274 g/mol. The molecule has 0 aromatic carbocycles. The number of hydrogen-bond donors (Lipinski definition) is 0. The van der Waals surface area contributed by atoms with Crippen LogP contribution in [-0.4, -0.2) is 17.3 Å². The molecule has 10 heavy (non-hydrogen) atoms. The van der Waals surface area contributed by atoms with Gasteiger partial charge in [0.05, 0.1) is 0 Å². The Bertz CT molecular complexity index is 77.3. The van der Waals surface area contributed by atoms with E-state index in [-0.39, 0.29) is 7.20 Å². The average Bonchev–Trinajstić information content (AvgIpc) is 1.89. The molecule has 0 unspecified atom stereocenters. The van der Waals surface area contributed by atoms with Gasteiger partial charge in [-0.25, -0.2) is 0 Å². The highest BCUT2D eigenvalue weighted by Gasteiger charge is 2.14. The van der Waals surface area contributed by atoms with Gasteiger partial charge in [-0.3, -0.25) is 0 Å². The van der Waals surface area contributed by atoms with E-state index in [1.807, 2.05) is 0 Å². The molecular formula is C8H19IS. The molecule has 0 bridgehead atoms. The lowest BCUT2D eigenvalue weighted by atomic mass is 10.6. The molecule has 0 spiro atoms. The standard InChI is InChI=1S/C8H19IS/c1-4-7-10(9,6-3)8-5-2/h4-8H2,1-3H3. The molecule has 0 amide bonds. The van der Waals surface area contributed by atoms with Crippen molar-refractivity contribution in [1.29, 1.82) is 0 Å². The van der Waals surface area contributed by atoms with Crippen molar-refractivity contribution in [2.45, 2.75) is 33.6 Å². The van der Waals surface area contributed by atoms with E-state index in [1.54, 1.807) is 0 Å². The summed E-state index contributed by atoms with van der Waals surface area (Å²) in [5.74, 6) is 4.35. The zero-order valence-corrected chi connectivity index (χ0v) is 10.3. The predicted octanol–water partition coefficient (Wildman–Crippen LogP) is 3.98. The second-order valence-electron chi connectivity index (χ2n) is 2.64. The maximum Gasteiger partial charge on any atom is -0.0146 e. The lowest BCUT2D eigenvalue weighted by Crippen LogP contribution is -2.03. The van der Waals surface area contributed by atoms with Gasteiger partial charge < -0.3 is 0 Å². The SMILES string of the molecule is CCCS(I)(CC)CCC. The molecule has 0 aliphatic heterocycles. The molecule has 0 nitrogen and oxygen atoms in total. The van der Waals surface area contributed by atoms with E-state index in [2.05, 4.69) is 42.0 Å². The van der Waals surface area contributed by atoms with Gasteiger partial charge in [-0.05, 0) is 51.3 Å². The summed E-state index contributed by atoms with van der Waals surface area (Å²) in [6.45, 7) is 6.94. The Morgan fingerprint density at radius 1 is 1.00 bits per heavy atom. The number of hydrogen-bond acceptors (Lipinski definition) is 0. The first kappa shape index (κ1) is 11.1. The monoisotopic (exact) mass is 274 g/mol. The smallest absolute Gasteiger partial charge is 0.0146 e. The Labute approximate surface area is 79.1 Å². The summed E-state index contributed by atoms with van der Waals surface area (Å²) in [5, 5.41) is 0. The molecule has 0 fully saturated rings. The van der Waals surface area contributed by atoms with Crippen LogP contribution in [0.5, 0.6) is 0 Å². The van der Waals surface area contributed by atoms with Crippen molar-refractivity contribution < 1.29 is 0 Å². The molecule has 2 heteroatoms. The molecule has 0 saturated carbocycles. The number of rotatable bonds is 5. The highest BCUT2D eigenvalue weighted by Crippen LogP contribution is 2.56. The van der Waals surface area contributed by atoms with Crippen LogP contribution in [0.25, 0.3) is 0 Å². The molecule has 0 aromatic rings. The van der Waals surface area contributed by atoms with E-state index >= 15 is 0 Å². The Balaban J connectivity index is 3.69. The van der Waals surface area contributed by atoms with Crippen LogP contribution < -0.4 is 0 Å². The molecule has 64 valence electrons. The van der Waals surface area contributed by atoms with E-state index < -0.39 is 0 Å². The quantitative estimate of drug-likeness (QED) is 0.665. The summed E-state index contributed by atoms with van der Waals surface area (Å²) in [4.78, 5) is 0. The molecule has 0 rings (SSSR count). The maximum absolute atomic E-state index is 2.72. The normalized spacial score (nSPS) is 13.6. The van der Waals surface area contributed by atoms with E-state index in [0.717, 1.165) is 0 Å². The van der Waals surface area contributed by atoms with Gasteiger partial charge in [-0.1, -0.05) is 20.8 Å². The predicted molar refractivity (Wildman–Crippen MR) is 62.5 cm³/mol. The third-order valence-corrected chi connectivity index (χ3v) is 9.48. The van der Waals surface area contributed by atoms with Crippen molar-refractivity contribution in [2.24, 2.45) is 0 Å². The van der Waals surface area contributed by atoms with Crippen molar-refractivity contribution in [3.05, 3.63) is 0 Å². The van der Waals surface area contributed by atoms with Crippen molar-refractivity contribution in [2.75, 3.05) is 17.3 Å². The second-order valence-corrected chi connectivity index (χ2v) is 11.5. The van der Waals surface area contributed by atoms with Crippen LogP contribution in [0.3, 0.4) is 0 Å². The van der Waals surface area contributed by atoms with Crippen LogP contribution in [-0.2, 0) is 0 Å². The van der Waals surface area contributed by atoms with Gasteiger partial charge in [-0.15, -0.1) is 0 Å². The molecule has 0 N–H and O–H groups in total. The first-order valence-electron chi connectivity index (χ1n) is 4.14. The molecule has 0 aromatic heterocycles. The lowest BCUT2D eigenvalue weighted by molar-refractivity contribution is 1.06. The summed E-state index contributed by atoms with van der Waals surface area (Å²) in [6.07, 6.45) is 2.73. The first-order valence-corrected chi connectivity index (χ1v) is 8.82. The number of halogens is 1. The molecule has 0 radical (unpaired) electrons. The summed E-state index contributed by atoms with van der Waals surface area (Å²) >= 11 is 2.72. The van der Waals surface area contributed by atoms with E-state index in [1.165, 1.54) is 30.1 Å². The van der Waals surface area contributed by atoms with Crippen LogP contribution in [0, 0.1) is 0 Å². The van der Waals surface area contributed by atoms with Crippen LogP contribution >= 0.6 is 28.4 Å². The Hall–Kier alpha value is 1.08. The zero-order valence-electron chi connectivity index (χ0n) is 7.32. The van der Waals surface area contributed by atoms with Gasteiger partial charge >= 0.3 is 0 Å². The molecule has 0 aliphatic rings. The Morgan fingerprint density at radius 2 is 1.40 bits per heavy atom.